The summed E-state index contributed by atoms with van der Waals surface area (Å²) in [5.74, 6) is -0.129. The van der Waals surface area contributed by atoms with Gasteiger partial charge in [0, 0.05) is 5.92 Å². The molecule has 3 aliphatic rings. The van der Waals surface area contributed by atoms with Gasteiger partial charge < -0.3 is 5.73 Å². The van der Waals surface area contributed by atoms with E-state index in [-0.39, 0.29) is 11.8 Å². The smallest absolute Gasteiger partial charge is 0.220 e. The standard InChI is InChI=1S/C19H19NO/c20-19(21)15-6-5-14-9-17-7-12-3-1-2-4-13(12)8-18(17)11-16(14)10-15/h2-4,7-8,11,15H,1,5-6,9-10H2,(H2,20,21). The molecule has 0 saturated carbocycles. The Morgan fingerprint density at radius 2 is 2.14 bits per heavy atom. The summed E-state index contributed by atoms with van der Waals surface area (Å²) < 4.78 is 0. The Morgan fingerprint density at radius 1 is 1.24 bits per heavy atom. The molecule has 4 rings (SSSR count). The van der Waals surface area contributed by atoms with Crippen molar-refractivity contribution in [2.75, 3.05) is 0 Å². The second kappa shape index (κ2) is 4.73. The van der Waals surface area contributed by atoms with E-state index < -0.39 is 0 Å². The maximum Gasteiger partial charge on any atom is 0.220 e. The van der Waals surface area contributed by atoms with Gasteiger partial charge in [-0.1, -0.05) is 35.9 Å². The molecular weight excluding hydrogens is 258 g/mol. The van der Waals surface area contributed by atoms with Gasteiger partial charge in [0.2, 0.25) is 5.91 Å². The van der Waals surface area contributed by atoms with Crippen LogP contribution < -0.4 is 16.2 Å². The molecule has 0 aromatic heterocycles. The van der Waals surface area contributed by atoms with Crippen LogP contribution in [0, 0.1) is 5.92 Å². The normalized spacial score (nSPS) is 22.6. The van der Waals surface area contributed by atoms with Gasteiger partial charge in [-0.3, -0.25) is 4.79 Å². The quantitative estimate of drug-likeness (QED) is 0.836. The Balaban J connectivity index is 1.80. The highest BCUT2D eigenvalue weighted by Gasteiger charge is 2.25. The van der Waals surface area contributed by atoms with Crippen molar-refractivity contribution in [3.05, 3.63) is 50.9 Å². The maximum absolute atomic E-state index is 11.4. The van der Waals surface area contributed by atoms with E-state index in [4.69, 9.17) is 5.73 Å². The summed E-state index contributed by atoms with van der Waals surface area (Å²) in [5.41, 5.74) is 11.1. The van der Waals surface area contributed by atoms with E-state index >= 15 is 0 Å². The van der Waals surface area contributed by atoms with E-state index in [1.54, 1.807) is 0 Å². The molecule has 2 heteroatoms. The molecule has 1 aromatic carbocycles. The number of nitrogens with two attached hydrogens (primary N) is 1. The molecule has 0 heterocycles. The van der Waals surface area contributed by atoms with Crippen LogP contribution in [0.5, 0.6) is 0 Å². The van der Waals surface area contributed by atoms with E-state index in [0.717, 1.165) is 32.1 Å². The molecular formula is C19H19NO. The topological polar surface area (TPSA) is 43.1 Å². The summed E-state index contributed by atoms with van der Waals surface area (Å²) in [6.45, 7) is 0. The highest BCUT2D eigenvalue weighted by Crippen LogP contribution is 2.33. The zero-order valence-corrected chi connectivity index (χ0v) is 12.1. The van der Waals surface area contributed by atoms with Crippen molar-refractivity contribution < 1.29 is 4.79 Å². The molecule has 1 atom stereocenters. The van der Waals surface area contributed by atoms with Crippen LogP contribution in [0.25, 0.3) is 18.2 Å². The van der Waals surface area contributed by atoms with Crippen LogP contribution in [0.15, 0.2) is 29.4 Å². The lowest BCUT2D eigenvalue weighted by Crippen LogP contribution is -2.29. The number of hydrogen-bond donors (Lipinski definition) is 1. The zero-order valence-electron chi connectivity index (χ0n) is 12.1. The van der Waals surface area contributed by atoms with E-state index in [1.165, 1.54) is 32.7 Å². The number of allylic oxidation sites excluding steroid dienone is 3. The van der Waals surface area contributed by atoms with Crippen LogP contribution >= 0.6 is 0 Å². The van der Waals surface area contributed by atoms with Gasteiger partial charge in [0.1, 0.15) is 0 Å². The van der Waals surface area contributed by atoms with Crippen LogP contribution in [0.2, 0.25) is 0 Å². The molecule has 0 aliphatic heterocycles. The number of amides is 1. The molecule has 0 bridgehead atoms. The van der Waals surface area contributed by atoms with Crippen molar-refractivity contribution in [2.45, 2.75) is 32.1 Å². The molecule has 3 aliphatic carbocycles. The summed E-state index contributed by atoms with van der Waals surface area (Å²) in [5, 5.41) is 2.68. The highest BCUT2D eigenvalue weighted by atomic mass is 16.1. The third-order valence-corrected chi connectivity index (χ3v) is 4.97. The van der Waals surface area contributed by atoms with Gasteiger partial charge in [-0.2, -0.15) is 0 Å². The largest absolute Gasteiger partial charge is 0.369 e. The third kappa shape index (κ3) is 2.15. The Bertz CT molecular complexity index is 811. The van der Waals surface area contributed by atoms with Gasteiger partial charge in [0.25, 0.3) is 0 Å². The number of carbonyl (C=O) groups is 1. The average molecular weight is 277 g/mol. The van der Waals surface area contributed by atoms with Crippen LogP contribution in [0.1, 0.15) is 36.8 Å². The minimum absolute atomic E-state index is 0.0207. The zero-order chi connectivity index (χ0) is 14.4. The van der Waals surface area contributed by atoms with Gasteiger partial charge in [0.05, 0.1) is 0 Å². The van der Waals surface area contributed by atoms with Crippen molar-refractivity contribution in [2.24, 2.45) is 11.7 Å². The van der Waals surface area contributed by atoms with Gasteiger partial charge >= 0.3 is 0 Å². The summed E-state index contributed by atoms with van der Waals surface area (Å²) >= 11 is 0. The molecule has 1 aromatic rings. The Hall–Kier alpha value is -2.09. The number of primary amides is 1. The Labute approximate surface area is 124 Å². The molecule has 2 nitrogen and oxygen atoms in total. The fourth-order valence-corrected chi connectivity index (χ4v) is 3.74. The summed E-state index contributed by atoms with van der Waals surface area (Å²) in [6.07, 6.45) is 13.8. The molecule has 0 radical (unpaired) electrons. The second-order valence-corrected chi connectivity index (χ2v) is 6.31. The first kappa shape index (κ1) is 12.6. The van der Waals surface area contributed by atoms with E-state index in [9.17, 15) is 4.79 Å². The molecule has 0 fully saturated rings. The van der Waals surface area contributed by atoms with Crippen LogP contribution in [0.4, 0.5) is 0 Å². The first-order chi connectivity index (χ1) is 10.2. The van der Waals surface area contributed by atoms with Crippen molar-refractivity contribution >= 4 is 24.1 Å². The van der Waals surface area contributed by atoms with Crippen molar-refractivity contribution in [1.82, 2.24) is 0 Å². The second-order valence-electron chi connectivity index (χ2n) is 6.31. The fourth-order valence-electron chi connectivity index (χ4n) is 3.74. The monoisotopic (exact) mass is 277 g/mol. The van der Waals surface area contributed by atoms with E-state index in [1.807, 2.05) is 0 Å². The minimum Gasteiger partial charge on any atom is -0.369 e. The number of hydrogen-bond acceptors (Lipinski definition) is 1. The first-order valence-corrected chi connectivity index (χ1v) is 7.72. The Kier molecular flexibility index (Phi) is 2.85. The number of carbonyl (C=O) groups excluding carboxylic acids is 1. The highest BCUT2D eigenvalue weighted by molar-refractivity contribution is 5.78. The van der Waals surface area contributed by atoms with Gasteiger partial charge in [-0.15, -0.1) is 0 Å². The van der Waals surface area contributed by atoms with Gasteiger partial charge in [-0.05, 0) is 65.3 Å². The fraction of sp³-hybridized carbons (Fsp3) is 0.316. The van der Waals surface area contributed by atoms with Crippen molar-refractivity contribution in [1.29, 1.82) is 0 Å². The molecule has 21 heavy (non-hydrogen) atoms. The SMILES string of the molecule is NC(=O)C1CCC2=C(C=c3cc4c(cc3C2)=CCC=C4)C1. The third-order valence-electron chi connectivity index (χ3n) is 4.97. The molecule has 0 spiro atoms. The molecule has 1 unspecified atom stereocenters. The molecule has 1 amide bonds. The van der Waals surface area contributed by atoms with Crippen LogP contribution in [0.3, 0.4) is 0 Å². The maximum atomic E-state index is 11.4. The molecule has 2 N–H and O–H groups in total. The predicted molar refractivity (Wildman–Crippen MR) is 85.5 cm³/mol. The Morgan fingerprint density at radius 3 is 3.00 bits per heavy atom. The number of fused-ring (bicyclic) bond motifs is 2. The first-order valence-electron chi connectivity index (χ1n) is 7.72. The van der Waals surface area contributed by atoms with Crippen molar-refractivity contribution in [3.8, 4) is 0 Å². The van der Waals surface area contributed by atoms with Gasteiger partial charge in [0.15, 0.2) is 0 Å². The summed E-state index contributed by atoms with van der Waals surface area (Å²) in [4.78, 5) is 11.4. The number of benzene rings is 1. The summed E-state index contributed by atoms with van der Waals surface area (Å²) in [7, 11) is 0. The molecule has 0 saturated heterocycles. The minimum atomic E-state index is -0.149. The van der Waals surface area contributed by atoms with Crippen LogP contribution in [-0.2, 0) is 11.2 Å². The molecule has 106 valence electrons. The van der Waals surface area contributed by atoms with Gasteiger partial charge in [-0.25, -0.2) is 0 Å². The lowest BCUT2D eigenvalue weighted by atomic mass is 9.78. The van der Waals surface area contributed by atoms with E-state index in [2.05, 4.69) is 36.4 Å². The average Bonchev–Trinajstić information content (AvgIpc) is 2.50. The van der Waals surface area contributed by atoms with Crippen LogP contribution in [-0.4, -0.2) is 5.91 Å². The lowest BCUT2D eigenvalue weighted by molar-refractivity contribution is -0.122. The predicted octanol–water partition coefficient (Wildman–Crippen LogP) is 1.80. The van der Waals surface area contributed by atoms with E-state index in [0.29, 0.717) is 0 Å². The lowest BCUT2D eigenvalue weighted by Gasteiger charge is -2.27. The summed E-state index contributed by atoms with van der Waals surface area (Å²) in [6, 6.07) is 4.63. The number of rotatable bonds is 1. The van der Waals surface area contributed by atoms with Crippen molar-refractivity contribution in [3.63, 3.8) is 0 Å².